The molecule has 6 heteroatoms. The molecule has 0 fully saturated rings. The summed E-state index contributed by atoms with van der Waals surface area (Å²) < 4.78 is 0. The van der Waals surface area contributed by atoms with Gasteiger partial charge >= 0.3 is 0 Å². The SMILES string of the molecule is Cc1cc(NN)c(C(=O)Nc2ccccc2C#N)cn1. The summed E-state index contributed by atoms with van der Waals surface area (Å²) in [5.74, 6) is 5.02. The lowest BCUT2D eigenvalue weighted by Crippen LogP contribution is -2.18. The highest BCUT2D eigenvalue weighted by Crippen LogP contribution is 2.19. The fourth-order valence-corrected chi connectivity index (χ4v) is 1.74. The van der Waals surface area contributed by atoms with Crippen molar-refractivity contribution in [3.63, 3.8) is 0 Å². The minimum atomic E-state index is -0.381. The fourth-order valence-electron chi connectivity index (χ4n) is 1.74. The maximum atomic E-state index is 12.2. The Bertz CT molecular complexity index is 690. The van der Waals surface area contributed by atoms with Gasteiger partial charge in [-0.1, -0.05) is 12.1 Å². The van der Waals surface area contributed by atoms with Crippen LogP contribution in [-0.4, -0.2) is 10.9 Å². The Morgan fingerprint density at radius 1 is 1.35 bits per heavy atom. The van der Waals surface area contributed by atoms with Crippen LogP contribution in [0.25, 0.3) is 0 Å². The van der Waals surface area contributed by atoms with Crippen molar-refractivity contribution >= 4 is 17.3 Å². The second-order valence-corrected chi connectivity index (χ2v) is 4.13. The van der Waals surface area contributed by atoms with Crippen molar-refractivity contribution in [1.29, 1.82) is 5.26 Å². The van der Waals surface area contributed by atoms with Gasteiger partial charge in [0.25, 0.3) is 5.91 Å². The van der Waals surface area contributed by atoms with Gasteiger partial charge in [-0.25, -0.2) is 0 Å². The van der Waals surface area contributed by atoms with E-state index in [1.165, 1.54) is 6.20 Å². The van der Waals surface area contributed by atoms with Gasteiger partial charge in [0.15, 0.2) is 0 Å². The second kappa shape index (κ2) is 5.82. The van der Waals surface area contributed by atoms with Crippen LogP contribution in [0, 0.1) is 18.3 Å². The number of hydrogen-bond donors (Lipinski definition) is 3. The van der Waals surface area contributed by atoms with Gasteiger partial charge in [-0.2, -0.15) is 5.26 Å². The molecule has 0 bridgehead atoms. The van der Waals surface area contributed by atoms with E-state index in [4.69, 9.17) is 11.1 Å². The molecule has 1 heterocycles. The lowest BCUT2D eigenvalue weighted by Gasteiger charge is -2.10. The predicted molar refractivity (Wildman–Crippen MR) is 75.9 cm³/mol. The predicted octanol–water partition coefficient (Wildman–Crippen LogP) is 1.80. The number of rotatable bonds is 3. The van der Waals surface area contributed by atoms with Gasteiger partial charge in [-0.05, 0) is 25.1 Å². The molecule has 0 saturated heterocycles. The van der Waals surface area contributed by atoms with Crippen LogP contribution in [0.3, 0.4) is 0 Å². The van der Waals surface area contributed by atoms with Gasteiger partial charge < -0.3 is 10.7 Å². The number of aryl methyl sites for hydroxylation is 1. The average molecular weight is 267 g/mol. The number of nitrogen functional groups attached to an aromatic ring is 1. The van der Waals surface area contributed by atoms with Gasteiger partial charge in [0.05, 0.1) is 22.5 Å². The van der Waals surface area contributed by atoms with Crippen molar-refractivity contribution in [1.82, 2.24) is 4.98 Å². The molecule has 2 aromatic rings. The monoisotopic (exact) mass is 267 g/mol. The second-order valence-electron chi connectivity index (χ2n) is 4.13. The summed E-state index contributed by atoms with van der Waals surface area (Å²) in [6.07, 6.45) is 1.44. The Kier molecular flexibility index (Phi) is 3.93. The third kappa shape index (κ3) is 2.74. The van der Waals surface area contributed by atoms with E-state index in [0.29, 0.717) is 22.5 Å². The number of carbonyl (C=O) groups excluding carboxylic acids is 1. The summed E-state index contributed by atoms with van der Waals surface area (Å²) in [4.78, 5) is 16.3. The molecule has 1 amide bonds. The number of para-hydroxylation sites is 1. The Morgan fingerprint density at radius 2 is 2.10 bits per heavy atom. The van der Waals surface area contributed by atoms with Crippen LogP contribution in [0.15, 0.2) is 36.5 Å². The highest BCUT2D eigenvalue weighted by molar-refractivity contribution is 6.08. The van der Waals surface area contributed by atoms with E-state index in [1.54, 1.807) is 37.3 Å². The molecule has 1 aromatic carbocycles. The van der Waals surface area contributed by atoms with Crippen LogP contribution < -0.4 is 16.6 Å². The number of nitrogens with zero attached hydrogens (tertiary/aromatic N) is 2. The summed E-state index contributed by atoms with van der Waals surface area (Å²) in [6.45, 7) is 1.80. The molecule has 0 saturated carbocycles. The zero-order valence-corrected chi connectivity index (χ0v) is 10.8. The van der Waals surface area contributed by atoms with E-state index in [9.17, 15) is 4.79 Å². The number of benzene rings is 1. The highest BCUT2D eigenvalue weighted by Gasteiger charge is 2.13. The molecule has 1 aromatic heterocycles. The Hall–Kier alpha value is -2.91. The number of aromatic nitrogens is 1. The summed E-state index contributed by atoms with van der Waals surface area (Å²) in [7, 11) is 0. The largest absolute Gasteiger partial charge is 0.323 e. The van der Waals surface area contributed by atoms with Gasteiger partial charge in [0.1, 0.15) is 6.07 Å². The first-order chi connectivity index (χ1) is 9.65. The molecular weight excluding hydrogens is 254 g/mol. The van der Waals surface area contributed by atoms with Gasteiger partial charge in [-0.15, -0.1) is 0 Å². The molecule has 0 atom stereocenters. The highest BCUT2D eigenvalue weighted by atomic mass is 16.1. The van der Waals surface area contributed by atoms with Crippen LogP contribution in [-0.2, 0) is 0 Å². The van der Waals surface area contributed by atoms with Crippen LogP contribution >= 0.6 is 0 Å². The number of anilines is 2. The number of hydrogen-bond acceptors (Lipinski definition) is 5. The molecule has 6 nitrogen and oxygen atoms in total. The molecular formula is C14H13N5O. The molecule has 100 valence electrons. The number of carbonyl (C=O) groups is 1. The quantitative estimate of drug-likeness (QED) is 0.581. The van der Waals surface area contributed by atoms with Crippen molar-refractivity contribution in [3.8, 4) is 6.07 Å². The number of nitrogens with two attached hydrogens (primary N) is 1. The third-order valence-electron chi connectivity index (χ3n) is 2.74. The zero-order chi connectivity index (χ0) is 14.5. The molecule has 0 radical (unpaired) electrons. The molecule has 0 aliphatic carbocycles. The zero-order valence-electron chi connectivity index (χ0n) is 10.8. The van der Waals surface area contributed by atoms with E-state index < -0.39 is 0 Å². The van der Waals surface area contributed by atoms with Crippen molar-refractivity contribution in [3.05, 3.63) is 53.3 Å². The van der Waals surface area contributed by atoms with E-state index in [0.717, 1.165) is 5.69 Å². The number of hydrazine groups is 1. The number of nitriles is 1. The summed E-state index contributed by atoms with van der Waals surface area (Å²) >= 11 is 0. The van der Waals surface area contributed by atoms with Crippen LogP contribution in [0.1, 0.15) is 21.6 Å². The molecule has 4 N–H and O–H groups in total. The van der Waals surface area contributed by atoms with E-state index in [1.807, 2.05) is 6.07 Å². The molecule has 0 aliphatic heterocycles. The molecule has 20 heavy (non-hydrogen) atoms. The third-order valence-corrected chi connectivity index (χ3v) is 2.74. The van der Waals surface area contributed by atoms with Gasteiger partial charge in [0.2, 0.25) is 0 Å². The molecule has 2 rings (SSSR count). The number of amides is 1. The number of pyridine rings is 1. The van der Waals surface area contributed by atoms with E-state index in [-0.39, 0.29) is 5.91 Å². The molecule has 0 aliphatic rings. The summed E-state index contributed by atoms with van der Waals surface area (Å²) in [5.41, 5.74) is 4.84. The van der Waals surface area contributed by atoms with E-state index >= 15 is 0 Å². The Balaban J connectivity index is 2.31. The maximum Gasteiger partial charge on any atom is 0.259 e. The first-order valence-electron chi connectivity index (χ1n) is 5.89. The first kappa shape index (κ1) is 13.5. The van der Waals surface area contributed by atoms with Crippen molar-refractivity contribution in [2.24, 2.45) is 5.84 Å². The topological polar surface area (TPSA) is 104 Å². The van der Waals surface area contributed by atoms with E-state index in [2.05, 4.69) is 15.7 Å². The lowest BCUT2D eigenvalue weighted by atomic mass is 10.1. The van der Waals surface area contributed by atoms with Crippen LogP contribution in [0.5, 0.6) is 0 Å². The Morgan fingerprint density at radius 3 is 2.80 bits per heavy atom. The smallest absolute Gasteiger partial charge is 0.259 e. The Labute approximate surface area is 116 Å². The van der Waals surface area contributed by atoms with Gasteiger partial charge in [-0.3, -0.25) is 15.6 Å². The lowest BCUT2D eigenvalue weighted by molar-refractivity contribution is 0.102. The number of nitrogens with one attached hydrogen (secondary N) is 2. The van der Waals surface area contributed by atoms with Gasteiger partial charge in [0, 0.05) is 11.9 Å². The van der Waals surface area contributed by atoms with Crippen LogP contribution in [0.2, 0.25) is 0 Å². The van der Waals surface area contributed by atoms with Crippen LogP contribution in [0.4, 0.5) is 11.4 Å². The normalized spacial score (nSPS) is 9.65. The average Bonchev–Trinajstić information content (AvgIpc) is 2.47. The molecule has 0 unspecified atom stereocenters. The summed E-state index contributed by atoms with van der Waals surface area (Å²) in [5, 5.41) is 11.7. The summed E-state index contributed by atoms with van der Waals surface area (Å²) in [6, 6.07) is 10.5. The maximum absolute atomic E-state index is 12.2. The molecule has 0 spiro atoms. The standard InChI is InChI=1S/C14H13N5O/c1-9-6-13(19-16)11(8-17-9)14(20)18-12-5-3-2-4-10(12)7-15/h2-6,8H,16H2,1H3,(H,17,19)(H,18,20). The minimum absolute atomic E-state index is 0.311. The first-order valence-corrected chi connectivity index (χ1v) is 5.89. The fraction of sp³-hybridized carbons (Fsp3) is 0.0714. The van der Waals surface area contributed by atoms with Crippen molar-refractivity contribution in [2.45, 2.75) is 6.92 Å². The minimum Gasteiger partial charge on any atom is -0.323 e. The van der Waals surface area contributed by atoms with Crippen molar-refractivity contribution < 1.29 is 4.79 Å². The van der Waals surface area contributed by atoms with Crippen molar-refractivity contribution in [2.75, 3.05) is 10.7 Å².